The number of aromatic nitrogens is 3. The van der Waals surface area contributed by atoms with E-state index in [0.717, 1.165) is 26.1 Å². The number of hydrogen-bond donors (Lipinski definition) is 3. The first-order chi connectivity index (χ1) is 18.5. The van der Waals surface area contributed by atoms with Crippen LogP contribution in [0.25, 0.3) is 10.1 Å². The summed E-state index contributed by atoms with van der Waals surface area (Å²) in [5.74, 6) is -0.694. The molecule has 0 aliphatic carbocycles. The van der Waals surface area contributed by atoms with E-state index < -0.39 is 17.3 Å². The number of aliphatic hydroxyl groups is 1. The molecule has 5 rings (SSSR count). The molecule has 4 aromatic heterocycles. The Kier molecular flexibility index (Phi) is 7.98. The lowest BCUT2D eigenvalue weighted by Crippen LogP contribution is -2.41. The number of rotatable bonds is 10. The Morgan fingerprint density at radius 1 is 1.11 bits per heavy atom. The number of hydrogen-bond acceptors (Lipinski definition) is 9. The van der Waals surface area contributed by atoms with Crippen LogP contribution in [0.3, 0.4) is 0 Å². The molecule has 194 valence electrons. The fourth-order valence-corrected chi connectivity index (χ4v) is 6.68. The molecule has 1 atom stereocenters. The first kappa shape index (κ1) is 26.2. The van der Waals surface area contributed by atoms with Crippen molar-refractivity contribution in [2.24, 2.45) is 0 Å². The van der Waals surface area contributed by atoms with Gasteiger partial charge in [0.1, 0.15) is 11.4 Å². The second-order valence-corrected chi connectivity index (χ2v) is 11.8. The first-order valence-electron chi connectivity index (χ1n) is 11.9. The maximum absolute atomic E-state index is 15.3. The van der Waals surface area contributed by atoms with Gasteiger partial charge in [-0.15, -0.1) is 11.3 Å². The summed E-state index contributed by atoms with van der Waals surface area (Å²) < 4.78 is 17.2. The number of carbonyl (C=O) groups is 1. The van der Waals surface area contributed by atoms with Crippen LogP contribution in [0, 0.1) is 5.82 Å². The summed E-state index contributed by atoms with van der Waals surface area (Å²) in [4.78, 5) is 25.9. The van der Waals surface area contributed by atoms with Gasteiger partial charge in [-0.1, -0.05) is 66.8 Å². The van der Waals surface area contributed by atoms with E-state index in [2.05, 4.69) is 25.6 Å². The molecule has 0 bridgehead atoms. The van der Waals surface area contributed by atoms with Gasteiger partial charge in [0.25, 0.3) is 5.91 Å². The van der Waals surface area contributed by atoms with Crippen molar-refractivity contribution < 1.29 is 14.3 Å². The molecule has 3 N–H and O–H groups in total. The highest BCUT2D eigenvalue weighted by atomic mass is 32.2. The molecule has 7 nitrogen and oxygen atoms in total. The quantitative estimate of drug-likeness (QED) is 0.175. The topological polar surface area (TPSA) is 100 Å². The molecular weight excluding hydrogens is 542 g/mol. The minimum absolute atomic E-state index is 0.0586. The first-order valence-corrected chi connectivity index (χ1v) is 14.4. The number of thiophene rings is 1. The second kappa shape index (κ2) is 11.6. The smallest absolute Gasteiger partial charge is 0.273 e. The number of thiazole rings is 1. The van der Waals surface area contributed by atoms with Gasteiger partial charge >= 0.3 is 0 Å². The number of halogens is 1. The zero-order valence-electron chi connectivity index (χ0n) is 20.3. The fourth-order valence-electron chi connectivity index (χ4n) is 4.04. The summed E-state index contributed by atoms with van der Waals surface area (Å²) in [6.07, 6.45) is 5.95. The zero-order chi connectivity index (χ0) is 26.5. The molecule has 11 heteroatoms. The average Bonchev–Trinajstić information content (AvgIpc) is 3.59. The van der Waals surface area contributed by atoms with E-state index in [1.165, 1.54) is 23.6 Å². The number of fused-ring (bicyclic) bond motifs is 1. The van der Waals surface area contributed by atoms with Crippen molar-refractivity contribution in [3.05, 3.63) is 89.6 Å². The molecule has 0 radical (unpaired) electrons. The van der Waals surface area contributed by atoms with Crippen molar-refractivity contribution in [3.63, 3.8) is 0 Å². The van der Waals surface area contributed by atoms with Crippen LogP contribution in [0.4, 0.5) is 15.3 Å². The summed E-state index contributed by atoms with van der Waals surface area (Å²) in [5, 5.41) is 20.8. The third kappa shape index (κ3) is 5.70. The van der Waals surface area contributed by atoms with Crippen LogP contribution in [-0.2, 0) is 5.60 Å². The molecule has 4 heterocycles. The summed E-state index contributed by atoms with van der Waals surface area (Å²) in [6.45, 7) is 1.90. The average molecular weight is 566 g/mol. The molecule has 0 spiro atoms. The van der Waals surface area contributed by atoms with Crippen LogP contribution < -0.4 is 10.6 Å². The Balaban J connectivity index is 1.28. The van der Waals surface area contributed by atoms with Crippen LogP contribution in [0.5, 0.6) is 0 Å². The largest absolute Gasteiger partial charge is 0.383 e. The second-order valence-electron chi connectivity index (χ2n) is 8.51. The maximum Gasteiger partial charge on any atom is 0.273 e. The van der Waals surface area contributed by atoms with E-state index in [1.54, 1.807) is 23.7 Å². The predicted octanol–water partition coefficient (Wildman–Crippen LogP) is 6.60. The minimum atomic E-state index is -1.26. The normalized spacial score (nSPS) is 12.8. The number of nitrogens with zero attached hydrogens (tertiary/aromatic N) is 3. The SMILES string of the molecule is CCCC(O)(CNC(=O)c1nccc(Sc2cnc(Nc3nccc4sccc34)s2)c1F)c1ccccc1. The van der Waals surface area contributed by atoms with E-state index in [0.29, 0.717) is 29.4 Å². The van der Waals surface area contributed by atoms with Gasteiger partial charge in [-0.3, -0.25) is 4.79 Å². The summed E-state index contributed by atoms with van der Waals surface area (Å²) in [5.41, 5.74) is -0.888. The molecule has 0 saturated heterocycles. The Morgan fingerprint density at radius 2 is 1.92 bits per heavy atom. The number of amides is 1. The summed E-state index contributed by atoms with van der Waals surface area (Å²) in [7, 11) is 0. The van der Waals surface area contributed by atoms with Crippen LogP contribution in [-0.4, -0.2) is 32.5 Å². The van der Waals surface area contributed by atoms with E-state index in [1.807, 2.05) is 54.8 Å². The van der Waals surface area contributed by atoms with Crippen LogP contribution >= 0.6 is 34.4 Å². The van der Waals surface area contributed by atoms with Gasteiger partial charge in [0.15, 0.2) is 16.6 Å². The van der Waals surface area contributed by atoms with E-state index in [9.17, 15) is 9.90 Å². The lowest BCUT2D eigenvalue weighted by Gasteiger charge is -2.28. The van der Waals surface area contributed by atoms with Gasteiger partial charge in [0.2, 0.25) is 0 Å². The van der Waals surface area contributed by atoms with Crippen molar-refractivity contribution in [1.82, 2.24) is 20.3 Å². The van der Waals surface area contributed by atoms with Crippen LogP contribution in [0.15, 0.2) is 81.6 Å². The Bertz CT molecular complexity index is 1560. The van der Waals surface area contributed by atoms with E-state index >= 15 is 4.39 Å². The highest BCUT2D eigenvalue weighted by molar-refractivity contribution is 8.01. The van der Waals surface area contributed by atoms with Gasteiger partial charge < -0.3 is 15.7 Å². The van der Waals surface area contributed by atoms with Crippen LogP contribution in [0.2, 0.25) is 0 Å². The molecule has 0 saturated carbocycles. The lowest BCUT2D eigenvalue weighted by atomic mass is 9.89. The van der Waals surface area contributed by atoms with Crippen molar-refractivity contribution in [1.29, 1.82) is 0 Å². The molecule has 1 amide bonds. The van der Waals surface area contributed by atoms with Gasteiger partial charge in [-0.05, 0) is 35.6 Å². The van der Waals surface area contributed by atoms with Crippen molar-refractivity contribution >= 4 is 61.4 Å². The number of anilines is 2. The molecule has 0 aliphatic heterocycles. The fraction of sp³-hybridized carbons (Fsp3) is 0.185. The Labute approximate surface area is 231 Å². The lowest BCUT2D eigenvalue weighted by molar-refractivity contribution is 0.0260. The third-order valence-electron chi connectivity index (χ3n) is 5.89. The molecular formula is C27H24FN5O2S3. The number of carbonyl (C=O) groups excluding carboxylic acids is 1. The number of nitrogens with one attached hydrogen (secondary N) is 2. The third-order valence-corrected chi connectivity index (χ3v) is 8.82. The zero-order valence-corrected chi connectivity index (χ0v) is 22.8. The minimum Gasteiger partial charge on any atom is -0.383 e. The van der Waals surface area contributed by atoms with Gasteiger partial charge in [-0.25, -0.2) is 19.3 Å². The molecule has 0 aliphatic rings. The predicted molar refractivity (Wildman–Crippen MR) is 151 cm³/mol. The van der Waals surface area contributed by atoms with E-state index in [-0.39, 0.29) is 17.1 Å². The van der Waals surface area contributed by atoms with Gasteiger partial charge in [0.05, 0.1) is 21.8 Å². The van der Waals surface area contributed by atoms with Crippen molar-refractivity contribution in [2.45, 2.75) is 34.5 Å². The molecule has 1 aromatic carbocycles. The maximum atomic E-state index is 15.3. The summed E-state index contributed by atoms with van der Waals surface area (Å²) in [6, 6.07) is 14.6. The monoisotopic (exact) mass is 565 g/mol. The van der Waals surface area contributed by atoms with Gasteiger partial charge in [0, 0.05) is 22.5 Å². The van der Waals surface area contributed by atoms with Crippen molar-refractivity contribution in [3.8, 4) is 0 Å². The summed E-state index contributed by atoms with van der Waals surface area (Å²) >= 11 is 4.16. The standard InChI is InChI=1S/C27H24FN5O2S3/c1-2-11-27(35,17-6-4-3-5-7-17)16-32-25(34)23-22(28)20(9-12-29-23)37-21-15-31-26(38-21)33-24-18-10-14-36-19(18)8-13-30-24/h3-10,12-15,35H,2,11,16H2,1H3,(H,32,34)(H,30,31,33). The molecule has 38 heavy (non-hydrogen) atoms. The van der Waals surface area contributed by atoms with Gasteiger partial charge in [-0.2, -0.15) is 0 Å². The van der Waals surface area contributed by atoms with Crippen molar-refractivity contribution in [2.75, 3.05) is 11.9 Å². The Hall–Kier alpha value is -3.38. The Morgan fingerprint density at radius 3 is 2.74 bits per heavy atom. The number of pyridine rings is 2. The molecule has 5 aromatic rings. The van der Waals surface area contributed by atoms with E-state index in [4.69, 9.17) is 0 Å². The number of benzene rings is 1. The highest BCUT2D eigenvalue weighted by Gasteiger charge is 2.30. The highest BCUT2D eigenvalue weighted by Crippen LogP contribution is 2.37. The molecule has 1 unspecified atom stereocenters. The molecule has 0 fully saturated rings. The van der Waals surface area contributed by atoms with Crippen LogP contribution in [0.1, 0.15) is 35.8 Å².